The number of hydrogen-bond acceptors (Lipinski definition) is 3. The van der Waals surface area contributed by atoms with E-state index < -0.39 is 0 Å². The lowest BCUT2D eigenvalue weighted by molar-refractivity contribution is 0.170. The average Bonchev–Trinajstić information content (AvgIpc) is 2.34. The van der Waals surface area contributed by atoms with Gasteiger partial charge in [0.05, 0.1) is 0 Å². The zero-order chi connectivity index (χ0) is 12.7. The fourth-order valence-electron chi connectivity index (χ4n) is 2.00. The van der Waals surface area contributed by atoms with Crippen molar-refractivity contribution in [3.63, 3.8) is 0 Å². The molecule has 6 heteroatoms. The molecule has 1 saturated heterocycles. The Hall–Kier alpha value is -1.46. The van der Waals surface area contributed by atoms with E-state index in [4.69, 9.17) is 10.9 Å². The van der Waals surface area contributed by atoms with E-state index in [1.54, 1.807) is 0 Å². The van der Waals surface area contributed by atoms with Crippen LogP contribution in [0.2, 0.25) is 0 Å². The van der Waals surface area contributed by atoms with E-state index in [9.17, 15) is 4.79 Å². The molecule has 0 aromatic rings. The number of piperidine rings is 1. The summed E-state index contributed by atoms with van der Waals surface area (Å²) >= 11 is 0. The van der Waals surface area contributed by atoms with Gasteiger partial charge in [-0.1, -0.05) is 12.1 Å². The zero-order valence-corrected chi connectivity index (χ0v) is 10.4. The van der Waals surface area contributed by atoms with Gasteiger partial charge < -0.3 is 21.2 Å². The Bertz CT molecular complexity index is 281. The molecule has 0 aliphatic carbocycles. The number of nitrogens with zero attached hydrogens (tertiary/aromatic N) is 2. The van der Waals surface area contributed by atoms with Crippen molar-refractivity contribution in [2.24, 2.45) is 16.8 Å². The molecule has 1 aliphatic heterocycles. The van der Waals surface area contributed by atoms with Gasteiger partial charge in [0.2, 0.25) is 0 Å². The second-order valence-electron chi connectivity index (χ2n) is 4.62. The van der Waals surface area contributed by atoms with Crippen LogP contribution in [0.1, 0.15) is 32.6 Å². The fraction of sp³-hybridized carbons (Fsp3) is 0.818. The second kappa shape index (κ2) is 6.98. The van der Waals surface area contributed by atoms with Gasteiger partial charge >= 0.3 is 6.03 Å². The first-order valence-electron chi connectivity index (χ1n) is 6.12. The second-order valence-corrected chi connectivity index (χ2v) is 4.62. The summed E-state index contributed by atoms with van der Waals surface area (Å²) in [6.07, 6.45) is 3.46. The van der Waals surface area contributed by atoms with Crippen LogP contribution >= 0.6 is 0 Å². The highest BCUT2D eigenvalue weighted by molar-refractivity contribution is 5.79. The number of likely N-dealkylation sites (tertiary alicyclic amines) is 1. The van der Waals surface area contributed by atoms with Crippen molar-refractivity contribution in [2.45, 2.75) is 32.6 Å². The maximum Gasteiger partial charge on any atom is 0.317 e. The Morgan fingerprint density at radius 2 is 2.41 bits per heavy atom. The van der Waals surface area contributed by atoms with Crippen LogP contribution in [0.25, 0.3) is 0 Å². The first-order valence-corrected chi connectivity index (χ1v) is 6.12. The molecule has 1 atom stereocenters. The Kier molecular flexibility index (Phi) is 5.59. The highest BCUT2D eigenvalue weighted by Gasteiger charge is 2.20. The van der Waals surface area contributed by atoms with Crippen molar-refractivity contribution in [3.05, 3.63) is 0 Å². The molecular weight excluding hydrogens is 220 g/mol. The molecule has 6 nitrogen and oxygen atoms in total. The van der Waals surface area contributed by atoms with Crippen LogP contribution in [-0.4, -0.2) is 41.6 Å². The summed E-state index contributed by atoms with van der Waals surface area (Å²) in [6.45, 7) is 4.40. The molecule has 1 rings (SSSR count). The molecule has 2 amide bonds. The molecular formula is C11H22N4O2. The van der Waals surface area contributed by atoms with E-state index in [2.05, 4.69) is 17.4 Å². The summed E-state index contributed by atoms with van der Waals surface area (Å²) < 4.78 is 0. The van der Waals surface area contributed by atoms with Gasteiger partial charge in [0.15, 0.2) is 0 Å². The average molecular weight is 242 g/mol. The quantitative estimate of drug-likeness (QED) is 0.225. The van der Waals surface area contributed by atoms with Crippen LogP contribution < -0.4 is 11.1 Å². The number of nitrogens with two attached hydrogens (primary N) is 1. The molecule has 0 saturated carbocycles. The molecule has 1 heterocycles. The Morgan fingerprint density at radius 3 is 3.06 bits per heavy atom. The number of hydrogen-bond donors (Lipinski definition) is 3. The Balaban J connectivity index is 2.16. The molecule has 1 fully saturated rings. The van der Waals surface area contributed by atoms with Crippen LogP contribution in [0, 0.1) is 5.92 Å². The Labute approximate surface area is 102 Å². The normalized spacial score (nSPS) is 21.4. The minimum atomic E-state index is -0.00365. The van der Waals surface area contributed by atoms with Crippen molar-refractivity contribution >= 4 is 11.9 Å². The summed E-state index contributed by atoms with van der Waals surface area (Å²) in [6, 6.07) is -0.00365. The number of urea groups is 1. The first-order chi connectivity index (χ1) is 8.13. The maximum absolute atomic E-state index is 11.8. The van der Waals surface area contributed by atoms with Gasteiger partial charge in [-0.3, -0.25) is 0 Å². The van der Waals surface area contributed by atoms with Crippen LogP contribution in [0.5, 0.6) is 0 Å². The molecule has 0 aromatic heterocycles. The number of amides is 2. The summed E-state index contributed by atoms with van der Waals surface area (Å²) in [4.78, 5) is 13.6. The molecule has 98 valence electrons. The summed E-state index contributed by atoms with van der Waals surface area (Å²) in [5, 5.41) is 14.1. The van der Waals surface area contributed by atoms with E-state index in [1.807, 2.05) is 4.90 Å². The third-order valence-electron chi connectivity index (χ3n) is 2.96. The van der Waals surface area contributed by atoms with E-state index >= 15 is 0 Å². The monoisotopic (exact) mass is 242 g/mol. The summed E-state index contributed by atoms with van der Waals surface area (Å²) in [7, 11) is 0. The smallest absolute Gasteiger partial charge is 0.317 e. The fourth-order valence-corrected chi connectivity index (χ4v) is 2.00. The number of oxime groups is 1. The Morgan fingerprint density at radius 1 is 1.65 bits per heavy atom. The predicted molar refractivity (Wildman–Crippen MR) is 66.0 cm³/mol. The van der Waals surface area contributed by atoms with Gasteiger partial charge in [-0.05, 0) is 25.2 Å². The van der Waals surface area contributed by atoms with E-state index in [0.29, 0.717) is 25.3 Å². The van der Waals surface area contributed by atoms with Crippen molar-refractivity contribution in [1.29, 1.82) is 0 Å². The van der Waals surface area contributed by atoms with Crippen molar-refractivity contribution in [3.8, 4) is 0 Å². The molecule has 4 N–H and O–H groups in total. The number of amidine groups is 1. The molecule has 0 spiro atoms. The highest BCUT2D eigenvalue weighted by Crippen LogP contribution is 2.15. The lowest BCUT2D eigenvalue weighted by atomic mass is 10.0. The number of rotatable bonds is 4. The largest absolute Gasteiger partial charge is 0.409 e. The first kappa shape index (κ1) is 13.6. The van der Waals surface area contributed by atoms with E-state index in [0.717, 1.165) is 19.5 Å². The third-order valence-corrected chi connectivity index (χ3v) is 2.96. The van der Waals surface area contributed by atoms with Crippen LogP contribution in [-0.2, 0) is 0 Å². The number of carbonyl (C=O) groups excluding carboxylic acids is 1. The zero-order valence-electron chi connectivity index (χ0n) is 10.4. The van der Waals surface area contributed by atoms with Crippen LogP contribution in [0.4, 0.5) is 4.79 Å². The van der Waals surface area contributed by atoms with Gasteiger partial charge in [-0.15, -0.1) is 0 Å². The number of carbonyl (C=O) groups is 1. The predicted octanol–water partition coefficient (Wildman–Crippen LogP) is 0.955. The van der Waals surface area contributed by atoms with Crippen molar-refractivity contribution in [2.75, 3.05) is 19.6 Å². The lowest BCUT2D eigenvalue weighted by Crippen LogP contribution is -2.45. The third kappa shape index (κ3) is 4.93. The minimum Gasteiger partial charge on any atom is -0.409 e. The van der Waals surface area contributed by atoms with Gasteiger partial charge in [-0.25, -0.2) is 4.79 Å². The van der Waals surface area contributed by atoms with E-state index in [1.165, 1.54) is 6.42 Å². The standard InChI is InChI=1S/C11H22N4O2/c1-9-4-3-7-15(8-9)11(16)13-6-2-5-10(12)14-17/h9,17H,2-8H2,1H3,(H2,12,14)(H,13,16). The van der Waals surface area contributed by atoms with Crippen LogP contribution in [0.15, 0.2) is 5.16 Å². The van der Waals surface area contributed by atoms with Crippen LogP contribution in [0.3, 0.4) is 0 Å². The molecule has 1 unspecified atom stereocenters. The summed E-state index contributed by atoms with van der Waals surface area (Å²) in [5.41, 5.74) is 5.33. The molecule has 0 bridgehead atoms. The lowest BCUT2D eigenvalue weighted by Gasteiger charge is -2.30. The molecule has 0 radical (unpaired) electrons. The summed E-state index contributed by atoms with van der Waals surface area (Å²) in [5.74, 6) is 0.789. The van der Waals surface area contributed by atoms with Gasteiger partial charge in [0.25, 0.3) is 0 Å². The highest BCUT2D eigenvalue weighted by atomic mass is 16.4. The van der Waals surface area contributed by atoms with Gasteiger partial charge in [0.1, 0.15) is 5.84 Å². The number of nitrogens with one attached hydrogen (secondary N) is 1. The minimum absolute atomic E-state index is 0.00365. The van der Waals surface area contributed by atoms with Gasteiger partial charge in [0, 0.05) is 26.1 Å². The van der Waals surface area contributed by atoms with Crippen molar-refractivity contribution in [1.82, 2.24) is 10.2 Å². The molecule has 1 aliphatic rings. The van der Waals surface area contributed by atoms with E-state index in [-0.39, 0.29) is 11.9 Å². The topological polar surface area (TPSA) is 91.0 Å². The molecule has 17 heavy (non-hydrogen) atoms. The maximum atomic E-state index is 11.8. The molecule has 0 aromatic carbocycles. The van der Waals surface area contributed by atoms with Crippen molar-refractivity contribution < 1.29 is 10.0 Å². The SMILES string of the molecule is CC1CCCN(C(=O)NCCCC(N)=NO)C1. The van der Waals surface area contributed by atoms with Gasteiger partial charge in [-0.2, -0.15) is 0 Å².